The highest BCUT2D eigenvalue weighted by molar-refractivity contribution is 6.05. The third kappa shape index (κ3) is 3.57. The molecule has 0 aliphatic carbocycles. The summed E-state index contributed by atoms with van der Waals surface area (Å²) < 4.78 is 5.20. The van der Waals surface area contributed by atoms with E-state index in [9.17, 15) is 14.4 Å². The standard InChI is InChI=1S/C18H23N5O4/c1-21(16(24)10-14-17(25)23(3)18(26)22(14)2)8-7-15-19-12-6-5-11(27-4)9-13(12)20-15/h5-6,9,14H,7-8,10H2,1-4H3,(H,19,20)/t14-/m1/s1. The first-order valence-electron chi connectivity index (χ1n) is 8.62. The van der Waals surface area contributed by atoms with Crippen molar-refractivity contribution in [3.05, 3.63) is 24.0 Å². The Morgan fingerprint density at radius 3 is 2.70 bits per heavy atom. The molecule has 9 heteroatoms. The number of aromatic nitrogens is 2. The number of amides is 4. The number of imidazole rings is 1. The fourth-order valence-corrected chi connectivity index (χ4v) is 3.08. The van der Waals surface area contributed by atoms with Gasteiger partial charge in [-0.1, -0.05) is 0 Å². The molecule has 1 aliphatic rings. The van der Waals surface area contributed by atoms with E-state index in [1.54, 1.807) is 19.1 Å². The van der Waals surface area contributed by atoms with Crippen LogP contribution >= 0.6 is 0 Å². The first-order chi connectivity index (χ1) is 12.8. The number of H-pyrrole nitrogens is 1. The van der Waals surface area contributed by atoms with Crippen LogP contribution in [0.2, 0.25) is 0 Å². The van der Waals surface area contributed by atoms with Crippen LogP contribution in [0.3, 0.4) is 0 Å². The monoisotopic (exact) mass is 373 g/mol. The second-order valence-electron chi connectivity index (χ2n) is 6.64. The van der Waals surface area contributed by atoms with Gasteiger partial charge < -0.3 is 19.5 Å². The van der Waals surface area contributed by atoms with Gasteiger partial charge >= 0.3 is 6.03 Å². The molecule has 0 bridgehead atoms. The van der Waals surface area contributed by atoms with E-state index in [4.69, 9.17) is 4.74 Å². The van der Waals surface area contributed by atoms with Gasteiger partial charge in [0.15, 0.2) is 0 Å². The van der Waals surface area contributed by atoms with E-state index >= 15 is 0 Å². The number of imide groups is 1. The average Bonchev–Trinajstić information content (AvgIpc) is 3.15. The van der Waals surface area contributed by atoms with Crippen LogP contribution < -0.4 is 4.74 Å². The van der Waals surface area contributed by atoms with Crippen LogP contribution in [0.15, 0.2) is 18.2 Å². The minimum atomic E-state index is -0.740. The van der Waals surface area contributed by atoms with Gasteiger partial charge in [0.25, 0.3) is 5.91 Å². The quantitative estimate of drug-likeness (QED) is 0.757. The Balaban J connectivity index is 1.59. The van der Waals surface area contributed by atoms with Crippen LogP contribution in [0.4, 0.5) is 4.79 Å². The van der Waals surface area contributed by atoms with Gasteiger partial charge in [-0.2, -0.15) is 0 Å². The molecule has 144 valence electrons. The van der Waals surface area contributed by atoms with Crippen molar-refractivity contribution in [2.45, 2.75) is 18.9 Å². The number of rotatable bonds is 6. The lowest BCUT2D eigenvalue weighted by Crippen LogP contribution is -2.38. The fourth-order valence-electron chi connectivity index (χ4n) is 3.08. The molecule has 2 aromatic rings. The summed E-state index contributed by atoms with van der Waals surface area (Å²) in [6.45, 7) is 0.449. The molecular weight excluding hydrogens is 350 g/mol. The number of methoxy groups -OCH3 is 1. The normalized spacial score (nSPS) is 17.1. The van der Waals surface area contributed by atoms with Crippen molar-refractivity contribution in [1.82, 2.24) is 24.7 Å². The van der Waals surface area contributed by atoms with Crippen LogP contribution in [0, 0.1) is 0 Å². The lowest BCUT2D eigenvalue weighted by Gasteiger charge is -2.20. The van der Waals surface area contributed by atoms with Gasteiger partial charge in [-0.25, -0.2) is 9.78 Å². The molecule has 1 aromatic heterocycles. The summed E-state index contributed by atoms with van der Waals surface area (Å²) in [7, 11) is 6.24. The third-order valence-corrected chi connectivity index (χ3v) is 4.89. The predicted octanol–water partition coefficient (Wildman–Crippen LogP) is 0.855. The Kier molecular flexibility index (Phi) is 5.02. The maximum Gasteiger partial charge on any atom is 0.326 e. The van der Waals surface area contributed by atoms with Crippen LogP contribution in [0.25, 0.3) is 11.0 Å². The molecule has 1 saturated heterocycles. The smallest absolute Gasteiger partial charge is 0.326 e. The molecule has 1 N–H and O–H groups in total. The lowest BCUT2D eigenvalue weighted by atomic mass is 10.1. The molecule has 27 heavy (non-hydrogen) atoms. The Morgan fingerprint density at radius 1 is 1.33 bits per heavy atom. The van der Waals surface area contributed by atoms with Crippen molar-refractivity contribution in [3.8, 4) is 5.75 Å². The Labute approximate surface area is 156 Å². The first kappa shape index (κ1) is 18.7. The third-order valence-electron chi connectivity index (χ3n) is 4.89. The van der Waals surface area contributed by atoms with Gasteiger partial charge in [0.1, 0.15) is 17.6 Å². The molecule has 9 nitrogen and oxygen atoms in total. The van der Waals surface area contributed by atoms with Gasteiger partial charge in [-0.3, -0.25) is 14.5 Å². The number of likely N-dealkylation sites (N-methyl/N-ethyl adjacent to an activating group) is 3. The lowest BCUT2D eigenvalue weighted by molar-refractivity contribution is -0.135. The molecule has 0 saturated carbocycles. The van der Waals surface area contributed by atoms with Crippen molar-refractivity contribution in [1.29, 1.82) is 0 Å². The topological polar surface area (TPSA) is 98.8 Å². The molecular formula is C18H23N5O4. The van der Waals surface area contributed by atoms with E-state index in [0.29, 0.717) is 13.0 Å². The number of aromatic amines is 1. The zero-order chi connectivity index (χ0) is 19.7. The predicted molar refractivity (Wildman–Crippen MR) is 98.3 cm³/mol. The maximum absolute atomic E-state index is 12.5. The summed E-state index contributed by atoms with van der Waals surface area (Å²) >= 11 is 0. The molecule has 4 amide bonds. The Hall–Kier alpha value is -3.10. The summed E-state index contributed by atoms with van der Waals surface area (Å²) in [6.07, 6.45) is 0.520. The van der Waals surface area contributed by atoms with Gasteiger partial charge in [0.05, 0.1) is 24.6 Å². The number of carbonyl (C=O) groups is 3. The number of fused-ring (bicyclic) bond motifs is 1. The van der Waals surface area contributed by atoms with Crippen LogP contribution in [0.5, 0.6) is 5.75 Å². The highest BCUT2D eigenvalue weighted by Crippen LogP contribution is 2.19. The van der Waals surface area contributed by atoms with Crippen LogP contribution in [0.1, 0.15) is 12.2 Å². The largest absolute Gasteiger partial charge is 0.497 e. The molecule has 0 unspecified atom stereocenters. The maximum atomic E-state index is 12.5. The number of nitrogens with zero attached hydrogens (tertiary/aromatic N) is 4. The molecule has 3 rings (SSSR count). The van der Waals surface area contributed by atoms with Gasteiger partial charge in [-0.15, -0.1) is 0 Å². The van der Waals surface area contributed by atoms with Crippen molar-refractivity contribution in [2.24, 2.45) is 0 Å². The second-order valence-corrected chi connectivity index (χ2v) is 6.64. The van der Waals surface area contributed by atoms with Crippen LogP contribution in [-0.4, -0.2) is 83.4 Å². The number of hydrogen-bond donors (Lipinski definition) is 1. The molecule has 1 aliphatic heterocycles. The van der Waals surface area contributed by atoms with E-state index in [1.165, 1.54) is 19.0 Å². The zero-order valence-electron chi connectivity index (χ0n) is 15.9. The molecule has 1 fully saturated rings. The summed E-state index contributed by atoms with van der Waals surface area (Å²) in [5.74, 6) is 0.966. The van der Waals surface area contributed by atoms with E-state index < -0.39 is 12.1 Å². The van der Waals surface area contributed by atoms with E-state index in [1.807, 2.05) is 18.2 Å². The Bertz CT molecular complexity index is 893. The number of benzene rings is 1. The zero-order valence-corrected chi connectivity index (χ0v) is 15.9. The highest BCUT2D eigenvalue weighted by atomic mass is 16.5. The first-order valence-corrected chi connectivity index (χ1v) is 8.62. The number of urea groups is 1. The average molecular weight is 373 g/mol. The summed E-state index contributed by atoms with van der Waals surface area (Å²) in [5.41, 5.74) is 1.71. The van der Waals surface area contributed by atoms with Gasteiger partial charge in [0.2, 0.25) is 5.91 Å². The second kappa shape index (κ2) is 7.26. The SMILES string of the molecule is COc1ccc2nc(CCN(C)C(=O)C[C@@H]3C(=O)N(C)C(=O)N3C)[nH]c2c1. The van der Waals surface area contributed by atoms with Gasteiger partial charge in [-0.05, 0) is 12.1 Å². The van der Waals surface area contributed by atoms with E-state index in [2.05, 4.69) is 9.97 Å². The minimum Gasteiger partial charge on any atom is -0.497 e. The molecule has 2 heterocycles. The highest BCUT2D eigenvalue weighted by Gasteiger charge is 2.42. The van der Waals surface area contributed by atoms with Crippen LogP contribution in [-0.2, 0) is 16.0 Å². The van der Waals surface area contributed by atoms with Gasteiger partial charge in [0, 0.05) is 40.2 Å². The summed E-state index contributed by atoms with van der Waals surface area (Å²) in [5, 5.41) is 0. The number of nitrogens with one attached hydrogen (secondary N) is 1. The minimum absolute atomic E-state index is 0.0285. The molecule has 1 aromatic carbocycles. The number of hydrogen-bond acceptors (Lipinski definition) is 5. The summed E-state index contributed by atoms with van der Waals surface area (Å²) in [6, 6.07) is 4.46. The van der Waals surface area contributed by atoms with Crippen molar-refractivity contribution < 1.29 is 19.1 Å². The Morgan fingerprint density at radius 2 is 2.07 bits per heavy atom. The summed E-state index contributed by atoms with van der Waals surface area (Å²) in [4.78, 5) is 48.0. The molecule has 0 spiro atoms. The fraction of sp³-hybridized carbons (Fsp3) is 0.444. The molecule has 1 atom stereocenters. The van der Waals surface area contributed by atoms with E-state index in [-0.39, 0.29) is 18.2 Å². The van der Waals surface area contributed by atoms with Crippen molar-refractivity contribution in [2.75, 3.05) is 34.8 Å². The van der Waals surface area contributed by atoms with Crippen molar-refractivity contribution in [3.63, 3.8) is 0 Å². The molecule has 0 radical (unpaired) electrons. The van der Waals surface area contributed by atoms with Crippen molar-refractivity contribution >= 4 is 28.9 Å². The van der Waals surface area contributed by atoms with E-state index in [0.717, 1.165) is 27.5 Å². The number of carbonyl (C=O) groups excluding carboxylic acids is 3. The number of ether oxygens (including phenoxy) is 1.